The van der Waals surface area contributed by atoms with Crippen LogP contribution < -0.4 is 0 Å². The monoisotopic (exact) mass is 514 g/mol. The van der Waals surface area contributed by atoms with Gasteiger partial charge in [-0.05, 0) is 13.8 Å². The fourth-order valence-electron chi connectivity index (χ4n) is 2.83. The van der Waals surface area contributed by atoms with Crippen LogP contribution in [0.2, 0.25) is 0 Å². The summed E-state index contributed by atoms with van der Waals surface area (Å²) in [5, 5.41) is 30.3. The van der Waals surface area contributed by atoms with Gasteiger partial charge in [0.15, 0.2) is 0 Å². The fraction of sp³-hybridized carbons (Fsp3) is 0.714. The Bertz CT molecular complexity index is 687. The van der Waals surface area contributed by atoms with Crippen LogP contribution in [0, 0.1) is 0 Å². The maximum atomic E-state index is 12.5. The van der Waals surface area contributed by atoms with Crippen molar-refractivity contribution in [2.45, 2.75) is 58.6 Å². The number of carbonyl (C=O) groups is 2. The van der Waals surface area contributed by atoms with Crippen LogP contribution >= 0.6 is 69.6 Å². The molecule has 0 aromatic rings. The zero-order valence-electron chi connectivity index (χ0n) is 14.6. The van der Waals surface area contributed by atoms with E-state index in [4.69, 9.17) is 69.6 Å². The molecule has 2 rings (SSSR count). The molecule has 158 valence electrons. The van der Waals surface area contributed by atoms with Gasteiger partial charge in [-0.25, -0.2) is 0 Å². The molecule has 2 heterocycles. The quantitative estimate of drug-likeness (QED) is 0.562. The highest BCUT2D eigenvalue weighted by atomic mass is 35.6. The molecule has 2 atom stereocenters. The first kappa shape index (κ1) is 24.2. The van der Waals surface area contributed by atoms with Gasteiger partial charge >= 0.3 is 0 Å². The van der Waals surface area contributed by atoms with E-state index in [0.717, 1.165) is 0 Å². The van der Waals surface area contributed by atoms with Gasteiger partial charge in [0.1, 0.15) is 0 Å². The summed E-state index contributed by atoms with van der Waals surface area (Å²) in [6, 6.07) is 0. The molecule has 8 nitrogen and oxygen atoms in total. The van der Waals surface area contributed by atoms with Gasteiger partial charge in [0.25, 0.3) is 0 Å². The van der Waals surface area contributed by atoms with Crippen LogP contribution in [-0.4, -0.2) is 62.5 Å². The average Bonchev–Trinajstić information content (AvgIpc) is 3.01. The van der Waals surface area contributed by atoms with Crippen LogP contribution in [0.1, 0.15) is 39.5 Å². The summed E-state index contributed by atoms with van der Waals surface area (Å²) < 4.78 is -4.47. The van der Waals surface area contributed by atoms with E-state index in [0.29, 0.717) is 21.4 Å². The van der Waals surface area contributed by atoms with Crippen molar-refractivity contribution < 1.29 is 19.8 Å². The summed E-state index contributed by atoms with van der Waals surface area (Å²) in [5.74, 6) is -1.56. The minimum Gasteiger partial charge on any atom is -0.365 e. The lowest BCUT2D eigenvalue weighted by molar-refractivity contribution is -0.161. The normalized spacial score (nSPS) is 28.5. The molecular formula is C14H16Cl6N4O4. The maximum absolute atomic E-state index is 12.5. The van der Waals surface area contributed by atoms with E-state index >= 15 is 0 Å². The summed E-state index contributed by atoms with van der Waals surface area (Å²) in [6.45, 7) is 3.09. The standard InChI is InChI=1S/C14H16Cl6N4O4/c1-7-5-11(27,13(15,16)17)23(21-7)9(25)3-4-10(26)24-12(28,14(18,19)20)6-8(2)22-24/h27-28H,3-6H2,1-2H3. The van der Waals surface area contributed by atoms with Crippen LogP contribution in [0.3, 0.4) is 0 Å². The van der Waals surface area contributed by atoms with Crippen LogP contribution in [-0.2, 0) is 9.59 Å². The van der Waals surface area contributed by atoms with E-state index in [1.54, 1.807) is 13.8 Å². The highest BCUT2D eigenvalue weighted by Gasteiger charge is 2.58. The molecule has 0 aromatic heterocycles. The Morgan fingerprint density at radius 3 is 1.39 bits per heavy atom. The lowest BCUT2D eigenvalue weighted by Gasteiger charge is -2.37. The highest BCUT2D eigenvalue weighted by molar-refractivity contribution is 6.69. The zero-order valence-corrected chi connectivity index (χ0v) is 19.1. The molecule has 2 N–H and O–H groups in total. The van der Waals surface area contributed by atoms with Crippen LogP contribution in [0.4, 0.5) is 0 Å². The van der Waals surface area contributed by atoms with Crippen LogP contribution in [0.5, 0.6) is 0 Å². The molecule has 0 bridgehead atoms. The van der Waals surface area contributed by atoms with Crippen molar-refractivity contribution >= 4 is 92.8 Å². The number of nitrogens with zero attached hydrogens (tertiary/aromatic N) is 4. The number of halogens is 6. The van der Waals surface area contributed by atoms with Crippen molar-refractivity contribution in [3.8, 4) is 0 Å². The molecule has 2 unspecified atom stereocenters. The van der Waals surface area contributed by atoms with Crippen molar-refractivity contribution in [2.24, 2.45) is 10.2 Å². The third kappa shape index (κ3) is 4.34. The van der Waals surface area contributed by atoms with Crippen LogP contribution in [0.15, 0.2) is 10.2 Å². The van der Waals surface area contributed by atoms with E-state index in [1.165, 1.54) is 0 Å². The molecule has 0 saturated heterocycles. The number of alkyl halides is 6. The van der Waals surface area contributed by atoms with Crippen molar-refractivity contribution in [2.75, 3.05) is 0 Å². The van der Waals surface area contributed by atoms with E-state index in [2.05, 4.69) is 10.2 Å². The first-order chi connectivity index (χ1) is 12.5. The Morgan fingerprint density at radius 1 is 0.857 bits per heavy atom. The van der Waals surface area contributed by atoms with E-state index < -0.39 is 43.7 Å². The Morgan fingerprint density at radius 2 is 1.14 bits per heavy atom. The fourth-order valence-corrected chi connectivity index (χ4v) is 3.71. The summed E-state index contributed by atoms with van der Waals surface area (Å²) in [5.41, 5.74) is -3.66. The summed E-state index contributed by atoms with van der Waals surface area (Å²) >= 11 is 34.8. The molecule has 2 amide bonds. The smallest absolute Gasteiger partial charge is 0.246 e. The second-order valence-corrected chi connectivity index (χ2v) is 11.1. The molecule has 28 heavy (non-hydrogen) atoms. The SMILES string of the molecule is CC1=NN(C(=O)CCC(=O)N2N=C(C)CC2(O)C(Cl)(Cl)Cl)C(O)(C(Cl)(Cl)Cl)C1. The van der Waals surface area contributed by atoms with E-state index in [-0.39, 0.29) is 12.8 Å². The predicted molar refractivity (Wildman–Crippen MR) is 109 cm³/mol. The zero-order chi connectivity index (χ0) is 21.7. The van der Waals surface area contributed by atoms with Crippen molar-refractivity contribution in [1.82, 2.24) is 10.0 Å². The van der Waals surface area contributed by atoms with Crippen molar-refractivity contribution in [1.29, 1.82) is 0 Å². The van der Waals surface area contributed by atoms with Gasteiger partial charge in [0.05, 0.1) is 0 Å². The molecule has 14 heteroatoms. The largest absolute Gasteiger partial charge is 0.365 e. The van der Waals surface area contributed by atoms with Crippen LogP contribution in [0.25, 0.3) is 0 Å². The van der Waals surface area contributed by atoms with Gasteiger partial charge in [-0.1, -0.05) is 69.6 Å². The summed E-state index contributed by atoms with van der Waals surface area (Å²) in [4.78, 5) is 25.1. The molecule has 0 radical (unpaired) electrons. The first-order valence-electron chi connectivity index (χ1n) is 7.85. The molecule has 0 aromatic carbocycles. The molecule has 2 aliphatic rings. The Kier molecular flexibility index (Phi) is 6.82. The number of hydrogen-bond donors (Lipinski definition) is 2. The minimum atomic E-state index is -2.24. The Balaban J connectivity index is 2.13. The lowest BCUT2D eigenvalue weighted by atomic mass is 10.1. The van der Waals surface area contributed by atoms with E-state index in [9.17, 15) is 19.8 Å². The van der Waals surface area contributed by atoms with Crippen molar-refractivity contribution in [3.63, 3.8) is 0 Å². The minimum absolute atomic E-state index is 0.175. The highest BCUT2D eigenvalue weighted by Crippen LogP contribution is 2.47. The molecule has 0 aliphatic carbocycles. The maximum Gasteiger partial charge on any atom is 0.246 e. The third-order valence-corrected chi connectivity index (χ3v) is 6.00. The summed E-state index contributed by atoms with van der Waals surface area (Å²) in [7, 11) is 0. The molecule has 0 saturated carbocycles. The number of aliphatic hydroxyl groups is 2. The molecular weight excluding hydrogens is 501 g/mol. The summed E-state index contributed by atoms with van der Waals surface area (Å²) in [6.07, 6.45) is -1.21. The topological polar surface area (TPSA) is 106 Å². The Hall–Kier alpha value is -0.0600. The lowest BCUT2D eigenvalue weighted by Crippen LogP contribution is -2.56. The second-order valence-electron chi connectivity index (χ2n) is 6.56. The number of amides is 2. The van der Waals surface area contributed by atoms with Gasteiger partial charge in [-0.15, -0.1) is 0 Å². The molecule has 0 spiro atoms. The van der Waals surface area contributed by atoms with Gasteiger partial charge < -0.3 is 10.2 Å². The number of hydrazone groups is 2. The predicted octanol–water partition coefficient (Wildman–Crippen LogP) is 3.10. The third-order valence-electron chi connectivity index (χ3n) is 4.18. The van der Waals surface area contributed by atoms with Gasteiger partial charge in [0.2, 0.25) is 30.8 Å². The molecule has 0 fully saturated rings. The first-order valence-corrected chi connectivity index (χ1v) is 10.1. The number of carbonyl (C=O) groups excluding carboxylic acids is 2. The number of hydrogen-bond acceptors (Lipinski definition) is 6. The van der Waals surface area contributed by atoms with Gasteiger partial charge in [-0.2, -0.15) is 20.2 Å². The Labute approximate surface area is 190 Å². The molecule has 2 aliphatic heterocycles. The second kappa shape index (κ2) is 7.89. The van der Waals surface area contributed by atoms with E-state index in [1.807, 2.05) is 0 Å². The average molecular weight is 517 g/mol. The van der Waals surface area contributed by atoms with Gasteiger partial charge in [0, 0.05) is 37.1 Å². The number of rotatable bonds is 3. The van der Waals surface area contributed by atoms with Crippen molar-refractivity contribution in [3.05, 3.63) is 0 Å². The van der Waals surface area contributed by atoms with Gasteiger partial charge in [-0.3, -0.25) is 9.59 Å².